The third-order valence-corrected chi connectivity index (χ3v) is 4.24. The van der Waals surface area contributed by atoms with E-state index in [-0.39, 0.29) is 6.10 Å². The van der Waals surface area contributed by atoms with E-state index in [1.165, 1.54) is 0 Å². The Morgan fingerprint density at radius 3 is 2.79 bits per heavy atom. The van der Waals surface area contributed by atoms with Crippen LogP contribution < -0.4 is 4.90 Å². The van der Waals surface area contributed by atoms with E-state index in [0.29, 0.717) is 13.2 Å². The van der Waals surface area contributed by atoms with E-state index in [1.807, 2.05) is 49.0 Å². The van der Waals surface area contributed by atoms with Gasteiger partial charge in [0.25, 0.3) is 0 Å². The van der Waals surface area contributed by atoms with E-state index in [9.17, 15) is 0 Å². The summed E-state index contributed by atoms with van der Waals surface area (Å²) in [4.78, 5) is 15.8. The fraction of sp³-hybridized carbons (Fsp3) is 0.412. The van der Waals surface area contributed by atoms with Gasteiger partial charge < -0.3 is 9.64 Å². The van der Waals surface area contributed by atoms with Gasteiger partial charge in [0.15, 0.2) is 0 Å². The van der Waals surface area contributed by atoms with Crippen molar-refractivity contribution in [3.8, 4) is 0 Å². The van der Waals surface area contributed by atoms with Crippen molar-refractivity contribution >= 4 is 16.9 Å². The lowest BCUT2D eigenvalue weighted by molar-refractivity contribution is 0.0267. The zero-order valence-electron chi connectivity index (χ0n) is 13.9. The number of hydrogen-bond donors (Lipinski definition) is 0. The predicted octanol–water partition coefficient (Wildman–Crippen LogP) is 1.74. The van der Waals surface area contributed by atoms with Crippen LogP contribution in [0.2, 0.25) is 0 Å². The normalized spacial score (nSPS) is 18.2. The first-order valence-corrected chi connectivity index (χ1v) is 8.15. The number of ether oxygens (including phenoxy) is 1. The molecule has 3 aromatic rings. The summed E-state index contributed by atoms with van der Waals surface area (Å²) in [6.45, 7) is 6.83. The number of hydrogen-bond acceptors (Lipinski definition) is 6. The Kier molecular flexibility index (Phi) is 3.86. The molecular weight excluding hydrogens is 304 g/mol. The molecule has 24 heavy (non-hydrogen) atoms. The van der Waals surface area contributed by atoms with Crippen molar-refractivity contribution in [2.24, 2.45) is 0 Å². The van der Waals surface area contributed by atoms with Gasteiger partial charge in [-0.05, 0) is 26.0 Å². The van der Waals surface area contributed by atoms with Gasteiger partial charge in [-0.2, -0.15) is 5.10 Å². The lowest BCUT2D eigenvalue weighted by atomic mass is 10.2. The fourth-order valence-electron chi connectivity index (χ4n) is 3.06. The minimum Gasteiger partial charge on any atom is -0.373 e. The highest BCUT2D eigenvalue weighted by molar-refractivity contribution is 5.75. The van der Waals surface area contributed by atoms with E-state index in [2.05, 4.69) is 20.0 Å². The highest BCUT2D eigenvalue weighted by Gasteiger charge is 2.23. The first-order chi connectivity index (χ1) is 11.7. The smallest absolute Gasteiger partial charge is 0.148 e. The second-order valence-electron chi connectivity index (χ2n) is 6.04. The Morgan fingerprint density at radius 1 is 1.17 bits per heavy atom. The van der Waals surface area contributed by atoms with Crippen LogP contribution in [0.4, 0.5) is 5.82 Å². The largest absolute Gasteiger partial charge is 0.373 e. The molecule has 0 aliphatic carbocycles. The molecule has 2 aromatic heterocycles. The number of aromatic nitrogens is 5. The van der Waals surface area contributed by atoms with Gasteiger partial charge in [-0.25, -0.2) is 14.6 Å². The second kappa shape index (κ2) is 6.16. The highest BCUT2D eigenvalue weighted by atomic mass is 16.5. The average molecular weight is 324 g/mol. The number of aryl methyl sites for hydroxylation is 2. The zero-order chi connectivity index (χ0) is 16.5. The predicted molar refractivity (Wildman–Crippen MR) is 91.0 cm³/mol. The molecule has 0 N–H and O–H groups in total. The number of rotatable bonds is 3. The van der Waals surface area contributed by atoms with Crippen molar-refractivity contribution in [2.75, 3.05) is 24.6 Å². The fourth-order valence-corrected chi connectivity index (χ4v) is 3.06. The van der Waals surface area contributed by atoms with Crippen molar-refractivity contribution < 1.29 is 4.74 Å². The van der Waals surface area contributed by atoms with Crippen LogP contribution in [-0.4, -0.2) is 50.5 Å². The lowest BCUT2D eigenvalue weighted by Gasteiger charge is -2.33. The summed E-state index contributed by atoms with van der Waals surface area (Å²) in [5, 5.41) is 4.42. The Labute approximate surface area is 140 Å². The first-order valence-electron chi connectivity index (χ1n) is 8.15. The summed E-state index contributed by atoms with van der Waals surface area (Å²) in [6, 6.07) is 7.93. The quantitative estimate of drug-likeness (QED) is 0.731. The van der Waals surface area contributed by atoms with Gasteiger partial charge in [-0.15, -0.1) is 0 Å². The number of anilines is 1. The lowest BCUT2D eigenvalue weighted by Crippen LogP contribution is -2.45. The van der Waals surface area contributed by atoms with Crippen molar-refractivity contribution in [3.05, 3.63) is 42.1 Å². The minimum absolute atomic E-state index is 0.0619. The topological polar surface area (TPSA) is 69.0 Å². The summed E-state index contributed by atoms with van der Waals surface area (Å²) >= 11 is 0. The van der Waals surface area contributed by atoms with Crippen molar-refractivity contribution in [1.82, 2.24) is 24.7 Å². The maximum absolute atomic E-state index is 5.91. The van der Waals surface area contributed by atoms with Gasteiger partial charge in [0.2, 0.25) is 0 Å². The second-order valence-corrected chi connectivity index (χ2v) is 6.04. The van der Waals surface area contributed by atoms with Gasteiger partial charge in [0, 0.05) is 13.1 Å². The molecule has 1 aromatic carbocycles. The number of morpholine rings is 1. The van der Waals surface area contributed by atoms with Crippen LogP contribution in [0.25, 0.3) is 11.0 Å². The molecular formula is C17H20N6O. The molecule has 1 aliphatic rings. The summed E-state index contributed by atoms with van der Waals surface area (Å²) in [7, 11) is 0. The summed E-state index contributed by atoms with van der Waals surface area (Å²) < 4.78 is 7.82. The molecule has 0 bridgehead atoms. The number of fused-ring (bicyclic) bond motifs is 1. The molecule has 1 atom stereocenters. The maximum Gasteiger partial charge on any atom is 0.148 e. The van der Waals surface area contributed by atoms with Crippen LogP contribution in [-0.2, 0) is 11.3 Å². The van der Waals surface area contributed by atoms with E-state index in [1.54, 1.807) is 0 Å². The van der Waals surface area contributed by atoms with Crippen LogP contribution in [0.15, 0.2) is 30.5 Å². The Balaban J connectivity index is 1.52. The third kappa shape index (κ3) is 2.94. The van der Waals surface area contributed by atoms with Gasteiger partial charge in [-0.3, -0.25) is 4.98 Å². The Morgan fingerprint density at radius 2 is 2.00 bits per heavy atom. The molecule has 1 aliphatic heterocycles. The summed E-state index contributed by atoms with van der Waals surface area (Å²) in [5.74, 6) is 2.60. The van der Waals surface area contributed by atoms with Crippen molar-refractivity contribution in [3.63, 3.8) is 0 Å². The molecule has 7 heteroatoms. The number of benzene rings is 1. The molecule has 4 rings (SSSR count). The summed E-state index contributed by atoms with van der Waals surface area (Å²) in [5.41, 5.74) is 1.83. The Bertz CT molecular complexity index is 861. The highest BCUT2D eigenvalue weighted by Crippen LogP contribution is 2.18. The molecule has 3 heterocycles. The molecule has 0 saturated carbocycles. The number of para-hydroxylation sites is 2. The molecule has 0 spiro atoms. The molecule has 1 fully saturated rings. The molecule has 124 valence electrons. The van der Waals surface area contributed by atoms with E-state index in [0.717, 1.165) is 41.6 Å². The SMILES string of the molecule is Cc1nc(C)n(C[C@H]2CN(c3cnc4ccccc4n3)CCO2)n1. The third-order valence-electron chi connectivity index (χ3n) is 4.24. The van der Waals surface area contributed by atoms with Gasteiger partial charge in [0.05, 0.1) is 36.5 Å². The van der Waals surface area contributed by atoms with Gasteiger partial charge in [-0.1, -0.05) is 12.1 Å². The van der Waals surface area contributed by atoms with Crippen LogP contribution in [0.3, 0.4) is 0 Å². The van der Waals surface area contributed by atoms with Crippen LogP contribution in [0.5, 0.6) is 0 Å². The van der Waals surface area contributed by atoms with Crippen molar-refractivity contribution in [2.45, 2.75) is 26.5 Å². The zero-order valence-corrected chi connectivity index (χ0v) is 13.9. The molecule has 0 unspecified atom stereocenters. The molecule has 7 nitrogen and oxygen atoms in total. The van der Waals surface area contributed by atoms with Crippen LogP contribution in [0, 0.1) is 13.8 Å². The van der Waals surface area contributed by atoms with Crippen LogP contribution >= 0.6 is 0 Å². The van der Waals surface area contributed by atoms with Crippen molar-refractivity contribution in [1.29, 1.82) is 0 Å². The molecule has 0 amide bonds. The standard InChI is InChI=1S/C17H20N6O/c1-12-19-13(2)23(21-12)11-14-10-22(7-8-24-14)17-9-18-15-5-3-4-6-16(15)20-17/h3-6,9,14H,7-8,10-11H2,1-2H3/t14-/m1/s1. The average Bonchev–Trinajstić information content (AvgIpc) is 2.92. The minimum atomic E-state index is 0.0619. The van der Waals surface area contributed by atoms with Gasteiger partial charge in [0.1, 0.15) is 17.5 Å². The van der Waals surface area contributed by atoms with Crippen LogP contribution in [0.1, 0.15) is 11.6 Å². The first kappa shape index (κ1) is 15.0. The Hall–Kier alpha value is -2.54. The maximum atomic E-state index is 5.91. The molecule has 0 radical (unpaired) electrons. The van der Waals surface area contributed by atoms with Gasteiger partial charge >= 0.3 is 0 Å². The monoisotopic (exact) mass is 324 g/mol. The summed E-state index contributed by atoms with van der Waals surface area (Å²) in [6.07, 6.45) is 1.90. The number of nitrogens with zero attached hydrogens (tertiary/aromatic N) is 6. The van der Waals surface area contributed by atoms with E-state index < -0.39 is 0 Å². The van der Waals surface area contributed by atoms with E-state index in [4.69, 9.17) is 9.72 Å². The molecule has 1 saturated heterocycles. The van der Waals surface area contributed by atoms with E-state index >= 15 is 0 Å².